The van der Waals surface area contributed by atoms with Crippen LogP contribution < -0.4 is 4.74 Å². The lowest BCUT2D eigenvalue weighted by Gasteiger charge is -2.38. The number of ether oxygens (including phenoxy) is 1. The second-order valence-electron chi connectivity index (χ2n) is 8.10. The van der Waals surface area contributed by atoms with Crippen molar-refractivity contribution >= 4 is 15.6 Å². The van der Waals surface area contributed by atoms with Crippen LogP contribution in [0.1, 0.15) is 37.4 Å². The monoisotopic (exact) mass is 393 g/mol. The van der Waals surface area contributed by atoms with Crippen LogP contribution in [0.25, 0.3) is 5.57 Å². The number of aromatic nitrogens is 1. The Morgan fingerprint density at radius 2 is 2.04 bits per heavy atom. The summed E-state index contributed by atoms with van der Waals surface area (Å²) in [4.78, 5) is 4.57. The van der Waals surface area contributed by atoms with Crippen molar-refractivity contribution in [2.75, 3.05) is 32.4 Å². The fraction of sp³-hybridized carbons (Fsp3) is 0.632. The summed E-state index contributed by atoms with van der Waals surface area (Å²) >= 11 is 0. The third kappa shape index (κ3) is 3.76. The summed E-state index contributed by atoms with van der Waals surface area (Å²) in [6.45, 7) is 4.44. The average Bonchev–Trinajstić information content (AvgIpc) is 2.98. The van der Waals surface area contributed by atoms with Crippen molar-refractivity contribution in [3.8, 4) is 5.75 Å². The lowest BCUT2D eigenvalue weighted by atomic mass is 9.79. The molecule has 1 aromatic rings. The third-order valence-corrected chi connectivity index (χ3v) is 7.41. The molecule has 0 aliphatic carbocycles. The largest absolute Gasteiger partial charge is 0.485 e. The van der Waals surface area contributed by atoms with Crippen molar-refractivity contribution in [2.24, 2.45) is 5.92 Å². The summed E-state index contributed by atoms with van der Waals surface area (Å²) < 4.78 is 31.1. The van der Waals surface area contributed by atoms with Crippen LogP contribution in [0.4, 0.5) is 0 Å². The lowest BCUT2D eigenvalue weighted by molar-refractivity contribution is -0.127. The van der Waals surface area contributed by atoms with Crippen molar-refractivity contribution < 1.29 is 18.4 Å². The Hall–Kier alpha value is -1.48. The molecule has 1 N–H and O–H groups in total. The number of fused-ring (bicyclic) bond motifs is 1. The number of pyridine rings is 1. The van der Waals surface area contributed by atoms with Crippen LogP contribution in [-0.4, -0.2) is 66.0 Å². The molecule has 4 heterocycles. The maximum absolute atomic E-state index is 11.7. The first-order valence-corrected chi connectivity index (χ1v) is 11.4. The number of hydroxylamine groups is 2. The van der Waals surface area contributed by atoms with Gasteiger partial charge in [-0.3, -0.25) is 4.98 Å². The molecule has 0 unspecified atom stereocenters. The molecular formula is C19H27N3O4S. The van der Waals surface area contributed by atoms with Crippen LogP contribution in [0.2, 0.25) is 0 Å². The van der Waals surface area contributed by atoms with Crippen LogP contribution in [0.15, 0.2) is 18.3 Å². The number of hydrogen-bond donors (Lipinski definition) is 1. The first kappa shape index (κ1) is 18.9. The van der Waals surface area contributed by atoms with Gasteiger partial charge in [0.25, 0.3) is 0 Å². The van der Waals surface area contributed by atoms with Crippen LogP contribution >= 0.6 is 0 Å². The molecular weight excluding hydrogens is 366 g/mol. The van der Waals surface area contributed by atoms with Gasteiger partial charge in [-0.15, -0.1) is 0 Å². The van der Waals surface area contributed by atoms with E-state index >= 15 is 0 Å². The predicted octanol–water partition coefficient (Wildman–Crippen LogP) is 1.93. The first-order valence-electron chi connectivity index (χ1n) is 9.51. The molecule has 148 valence electrons. The zero-order valence-corrected chi connectivity index (χ0v) is 16.7. The van der Waals surface area contributed by atoms with Gasteiger partial charge >= 0.3 is 0 Å². The highest BCUT2D eigenvalue weighted by atomic mass is 32.2. The molecule has 27 heavy (non-hydrogen) atoms. The average molecular weight is 394 g/mol. The van der Waals surface area contributed by atoms with Gasteiger partial charge in [0.15, 0.2) is 0 Å². The minimum Gasteiger partial charge on any atom is -0.485 e. The zero-order chi connectivity index (χ0) is 19.2. The number of sulfonamides is 1. The number of rotatable bonds is 3. The number of piperidine rings is 1. The predicted molar refractivity (Wildman–Crippen MR) is 102 cm³/mol. The highest BCUT2D eigenvalue weighted by molar-refractivity contribution is 7.88. The molecule has 3 aliphatic rings. The Labute approximate surface area is 160 Å². The van der Waals surface area contributed by atoms with Gasteiger partial charge in [-0.1, -0.05) is 6.08 Å². The minimum absolute atomic E-state index is 0.252. The van der Waals surface area contributed by atoms with E-state index in [1.165, 1.54) is 21.2 Å². The number of nitrogens with zero attached hydrogens (tertiary/aromatic N) is 3. The van der Waals surface area contributed by atoms with E-state index in [-0.39, 0.29) is 5.60 Å². The number of hydrogen-bond acceptors (Lipinski definition) is 6. The maximum atomic E-state index is 11.7. The van der Waals surface area contributed by atoms with Crippen molar-refractivity contribution in [1.82, 2.24) is 14.4 Å². The van der Waals surface area contributed by atoms with Gasteiger partial charge in [0, 0.05) is 44.1 Å². The molecule has 0 bridgehead atoms. The second-order valence-corrected chi connectivity index (χ2v) is 10.1. The Balaban J connectivity index is 1.50. The fourth-order valence-electron chi connectivity index (χ4n) is 4.44. The molecule has 0 amide bonds. The molecule has 0 saturated carbocycles. The van der Waals surface area contributed by atoms with Gasteiger partial charge < -0.3 is 9.94 Å². The molecule has 7 nitrogen and oxygen atoms in total. The van der Waals surface area contributed by atoms with Crippen molar-refractivity contribution in [2.45, 2.75) is 38.2 Å². The molecule has 1 saturated heterocycles. The van der Waals surface area contributed by atoms with Crippen LogP contribution in [0, 0.1) is 5.92 Å². The smallest absolute Gasteiger partial charge is 0.211 e. The Morgan fingerprint density at radius 3 is 2.67 bits per heavy atom. The Bertz CT molecular complexity index is 862. The van der Waals surface area contributed by atoms with Crippen molar-refractivity contribution in [3.05, 3.63) is 29.6 Å². The van der Waals surface area contributed by atoms with Gasteiger partial charge in [-0.05, 0) is 37.8 Å². The fourth-order valence-corrected chi connectivity index (χ4v) is 5.21. The second kappa shape index (κ2) is 6.84. The van der Waals surface area contributed by atoms with Crippen molar-refractivity contribution in [1.29, 1.82) is 0 Å². The summed E-state index contributed by atoms with van der Waals surface area (Å²) in [5.74, 6) is 1.26. The van der Waals surface area contributed by atoms with E-state index < -0.39 is 10.0 Å². The van der Waals surface area contributed by atoms with E-state index in [1.807, 2.05) is 6.08 Å². The summed E-state index contributed by atoms with van der Waals surface area (Å²) in [7, 11) is -3.15. The van der Waals surface area contributed by atoms with Crippen molar-refractivity contribution in [3.63, 3.8) is 0 Å². The van der Waals surface area contributed by atoms with Crippen LogP contribution in [0.3, 0.4) is 0 Å². The summed E-state index contributed by atoms with van der Waals surface area (Å²) in [6.07, 6.45) is 8.38. The normalized spacial score (nSPS) is 27.9. The molecule has 1 aromatic heterocycles. The highest BCUT2D eigenvalue weighted by Gasteiger charge is 2.43. The summed E-state index contributed by atoms with van der Waals surface area (Å²) in [5, 5.41) is 11.0. The molecule has 8 heteroatoms. The molecule has 0 spiro atoms. The van der Waals surface area contributed by atoms with Gasteiger partial charge in [-0.2, -0.15) is 9.37 Å². The SMILES string of the molecule is C[C@@]1(C2CCN(O)CC2)Cc2cc(C3=CCN(S(C)(=O)=O)CC3)ncc2O1. The summed E-state index contributed by atoms with van der Waals surface area (Å²) in [5.41, 5.74) is 2.93. The minimum atomic E-state index is -3.15. The molecule has 0 aromatic carbocycles. The molecule has 1 atom stereocenters. The van der Waals surface area contributed by atoms with E-state index in [4.69, 9.17) is 4.74 Å². The van der Waals surface area contributed by atoms with E-state index in [0.717, 1.165) is 36.3 Å². The van der Waals surface area contributed by atoms with Gasteiger partial charge in [0.05, 0.1) is 18.1 Å². The Morgan fingerprint density at radius 1 is 1.30 bits per heavy atom. The molecule has 4 rings (SSSR count). The topological polar surface area (TPSA) is 83.0 Å². The van der Waals surface area contributed by atoms with E-state index in [1.54, 1.807) is 6.20 Å². The van der Waals surface area contributed by atoms with Crippen LogP contribution in [0.5, 0.6) is 5.75 Å². The molecule has 0 radical (unpaired) electrons. The van der Waals surface area contributed by atoms with Crippen LogP contribution in [-0.2, 0) is 16.4 Å². The third-order valence-electron chi connectivity index (χ3n) is 6.14. The standard InChI is InChI=1S/C19H27N3O4S/c1-19(16-5-7-21(23)8-6-16)12-15-11-17(20-13-18(15)26-19)14-3-9-22(10-4-14)27(2,24)25/h3,11,13,16,23H,4-10,12H2,1-2H3/t19-/m0/s1. The van der Waals surface area contributed by atoms with E-state index in [2.05, 4.69) is 18.0 Å². The zero-order valence-electron chi connectivity index (χ0n) is 15.9. The van der Waals surface area contributed by atoms with Gasteiger partial charge in [-0.25, -0.2) is 8.42 Å². The lowest BCUT2D eigenvalue weighted by Crippen LogP contribution is -2.45. The molecule has 1 fully saturated rings. The summed E-state index contributed by atoms with van der Waals surface area (Å²) in [6, 6.07) is 2.10. The van der Waals surface area contributed by atoms with E-state index in [0.29, 0.717) is 38.5 Å². The van der Waals surface area contributed by atoms with Gasteiger partial charge in [0.1, 0.15) is 11.4 Å². The van der Waals surface area contributed by atoms with E-state index in [9.17, 15) is 13.6 Å². The molecule has 3 aliphatic heterocycles. The highest BCUT2D eigenvalue weighted by Crippen LogP contribution is 2.43. The quantitative estimate of drug-likeness (QED) is 0.845. The maximum Gasteiger partial charge on any atom is 0.211 e. The Kier molecular flexibility index (Phi) is 4.78. The first-order chi connectivity index (χ1) is 12.7. The van der Waals surface area contributed by atoms with Gasteiger partial charge in [0.2, 0.25) is 10.0 Å².